The molecule has 134 valence electrons. The molecule has 0 aliphatic heterocycles. The SMILES string of the molecule is Cc1ccccc1-c1noc(COC(=O)c2ccccc2-n2cnnn2)n1. The predicted molar refractivity (Wildman–Crippen MR) is 92.7 cm³/mol. The molecule has 0 bridgehead atoms. The van der Waals surface area contributed by atoms with E-state index in [9.17, 15) is 4.79 Å². The van der Waals surface area contributed by atoms with Gasteiger partial charge >= 0.3 is 5.97 Å². The van der Waals surface area contributed by atoms with Crippen LogP contribution in [0.1, 0.15) is 21.8 Å². The van der Waals surface area contributed by atoms with Gasteiger partial charge in [-0.3, -0.25) is 0 Å². The highest BCUT2D eigenvalue weighted by atomic mass is 16.6. The average molecular weight is 362 g/mol. The standard InChI is InChI=1S/C18H14N6O3/c1-12-6-2-3-7-13(12)17-20-16(27-21-17)10-26-18(25)14-8-4-5-9-15(14)24-11-19-22-23-24/h2-9,11H,10H2,1H3. The molecule has 0 fully saturated rings. The van der Waals surface area contributed by atoms with Crippen molar-refractivity contribution in [1.82, 2.24) is 30.3 Å². The van der Waals surface area contributed by atoms with Crippen LogP contribution in [0, 0.1) is 6.92 Å². The Balaban J connectivity index is 1.49. The molecule has 0 aliphatic carbocycles. The molecular formula is C18H14N6O3. The van der Waals surface area contributed by atoms with Gasteiger partial charge in [0, 0.05) is 5.56 Å². The van der Waals surface area contributed by atoms with E-state index in [0.29, 0.717) is 17.1 Å². The summed E-state index contributed by atoms with van der Waals surface area (Å²) < 4.78 is 11.9. The lowest BCUT2D eigenvalue weighted by Gasteiger charge is -2.07. The summed E-state index contributed by atoms with van der Waals surface area (Å²) in [5.41, 5.74) is 2.72. The van der Waals surface area contributed by atoms with E-state index in [-0.39, 0.29) is 12.5 Å². The summed E-state index contributed by atoms with van der Waals surface area (Å²) >= 11 is 0. The van der Waals surface area contributed by atoms with Crippen LogP contribution in [0.4, 0.5) is 0 Å². The van der Waals surface area contributed by atoms with Gasteiger partial charge in [0.1, 0.15) is 6.33 Å². The Hall–Kier alpha value is -3.88. The van der Waals surface area contributed by atoms with E-state index in [1.54, 1.807) is 24.3 Å². The second-order valence-electron chi connectivity index (χ2n) is 5.67. The zero-order chi connectivity index (χ0) is 18.6. The highest BCUT2D eigenvalue weighted by Crippen LogP contribution is 2.20. The molecule has 0 radical (unpaired) electrons. The first-order valence-electron chi connectivity index (χ1n) is 8.10. The van der Waals surface area contributed by atoms with Crippen molar-refractivity contribution >= 4 is 5.97 Å². The van der Waals surface area contributed by atoms with Crippen molar-refractivity contribution in [3.8, 4) is 17.1 Å². The molecule has 0 unspecified atom stereocenters. The molecule has 0 aliphatic rings. The van der Waals surface area contributed by atoms with Crippen molar-refractivity contribution in [3.63, 3.8) is 0 Å². The second-order valence-corrected chi connectivity index (χ2v) is 5.67. The minimum absolute atomic E-state index is 0.137. The second kappa shape index (κ2) is 7.16. The molecule has 27 heavy (non-hydrogen) atoms. The molecule has 0 saturated heterocycles. The fraction of sp³-hybridized carbons (Fsp3) is 0.111. The first-order valence-corrected chi connectivity index (χ1v) is 8.10. The number of aromatic nitrogens is 6. The Bertz CT molecular complexity index is 1070. The van der Waals surface area contributed by atoms with Gasteiger partial charge in [-0.25, -0.2) is 4.79 Å². The molecule has 0 N–H and O–H groups in total. The van der Waals surface area contributed by atoms with Crippen molar-refractivity contribution in [2.45, 2.75) is 13.5 Å². The Labute approximate surface area is 153 Å². The average Bonchev–Trinajstić information content (AvgIpc) is 3.39. The van der Waals surface area contributed by atoms with Gasteiger partial charge in [-0.1, -0.05) is 41.6 Å². The first-order chi connectivity index (χ1) is 13.2. The number of carbonyl (C=O) groups is 1. The molecule has 9 heteroatoms. The number of carbonyl (C=O) groups excluding carboxylic acids is 1. The number of ether oxygens (including phenoxy) is 1. The van der Waals surface area contributed by atoms with Crippen molar-refractivity contribution < 1.29 is 14.1 Å². The Morgan fingerprint density at radius 3 is 2.78 bits per heavy atom. The molecule has 4 aromatic rings. The van der Waals surface area contributed by atoms with Crippen LogP contribution >= 0.6 is 0 Å². The molecule has 0 saturated carbocycles. The number of nitrogens with zero attached hydrogens (tertiary/aromatic N) is 6. The summed E-state index contributed by atoms with van der Waals surface area (Å²) in [7, 11) is 0. The molecule has 0 amide bonds. The summed E-state index contributed by atoms with van der Waals surface area (Å²) in [6, 6.07) is 14.5. The van der Waals surface area contributed by atoms with Gasteiger partial charge in [-0.2, -0.15) is 9.67 Å². The van der Waals surface area contributed by atoms with Gasteiger partial charge in [0.05, 0.1) is 11.3 Å². The molecule has 0 spiro atoms. The lowest BCUT2D eigenvalue weighted by Crippen LogP contribution is -2.10. The third-order valence-electron chi connectivity index (χ3n) is 3.90. The van der Waals surface area contributed by atoms with Gasteiger partial charge in [-0.05, 0) is 35.0 Å². The highest BCUT2D eigenvalue weighted by Gasteiger charge is 2.17. The van der Waals surface area contributed by atoms with Crippen molar-refractivity contribution in [3.05, 3.63) is 71.9 Å². The maximum absolute atomic E-state index is 12.5. The van der Waals surface area contributed by atoms with Crippen LogP contribution in [0.15, 0.2) is 59.4 Å². The van der Waals surface area contributed by atoms with Crippen LogP contribution in [0.5, 0.6) is 0 Å². The maximum Gasteiger partial charge on any atom is 0.340 e. The lowest BCUT2D eigenvalue weighted by molar-refractivity contribution is 0.0429. The lowest BCUT2D eigenvalue weighted by atomic mass is 10.1. The molecule has 4 rings (SSSR count). The number of hydrogen-bond donors (Lipinski definition) is 0. The van der Waals surface area contributed by atoms with Gasteiger partial charge in [-0.15, -0.1) is 5.10 Å². The molecule has 9 nitrogen and oxygen atoms in total. The number of esters is 1. The largest absolute Gasteiger partial charge is 0.452 e. The minimum atomic E-state index is -0.545. The van der Waals surface area contributed by atoms with Gasteiger partial charge in [0.25, 0.3) is 5.89 Å². The van der Waals surface area contributed by atoms with Crippen molar-refractivity contribution in [1.29, 1.82) is 0 Å². The zero-order valence-corrected chi connectivity index (χ0v) is 14.3. The molecule has 0 atom stereocenters. The topological polar surface area (TPSA) is 109 Å². The number of hydrogen-bond acceptors (Lipinski definition) is 8. The zero-order valence-electron chi connectivity index (χ0n) is 14.3. The normalized spacial score (nSPS) is 10.7. The fourth-order valence-corrected chi connectivity index (χ4v) is 2.57. The van der Waals surface area contributed by atoms with E-state index < -0.39 is 5.97 Å². The van der Waals surface area contributed by atoms with Crippen LogP contribution in [0.3, 0.4) is 0 Å². The number of benzene rings is 2. The summed E-state index contributed by atoms with van der Waals surface area (Å²) in [6.45, 7) is 1.82. The summed E-state index contributed by atoms with van der Waals surface area (Å²) in [6.07, 6.45) is 1.40. The number of para-hydroxylation sites is 1. The third kappa shape index (κ3) is 3.43. The number of rotatable bonds is 5. The number of tetrazole rings is 1. The van der Waals surface area contributed by atoms with Crippen molar-refractivity contribution in [2.75, 3.05) is 0 Å². The third-order valence-corrected chi connectivity index (χ3v) is 3.90. The van der Waals surface area contributed by atoms with Gasteiger partial charge < -0.3 is 9.26 Å². The van der Waals surface area contributed by atoms with E-state index in [0.717, 1.165) is 11.1 Å². The van der Waals surface area contributed by atoms with Crippen LogP contribution in [-0.4, -0.2) is 36.3 Å². The van der Waals surface area contributed by atoms with E-state index in [1.807, 2.05) is 31.2 Å². The Morgan fingerprint density at radius 2 is 1.96 bits per heavy atom. The van der Waals surface area contributed by atoms with Gasteiger partial charge in [0.15, 0.2) is 6.61 Å². The van der Waals surface area contributed by atoms with Crippen LogP contribution in [0.25, 0.3) is 17.1 Å². The van der Waals surface area contributed by atoms with E-state index >= 15 is 0 Å². The van der Waals surface area contributed by atoms with E-state index in [1.165, 1.54) is 11.0 Å². The Morgan fingerprint density at radius 1 is 1.15 bits per heavy atom. The summed E-state index contributed by atoms with van der Waals surface area (Å²) in [5, 5.41) is 14.9. The quantitative estimate of drug-likeness (QED) is 0.498. The van der Waals surface area contributed by atoms with Gasteiger partial charge in [0.2, 0.25) is 5.82 Å². The van der Waals surface area contributed by atoms with Crippen LogP contribution < -0.4 is 0 Å². The van der Waals surface area contributed by atoms with E-state index in [4.69, 9.17) is 9.26 Å². The Kier molecular flexibility index (Phi) is 4.40. The predicted octanol–water partition coefficient (Wildman–Crippen LogP) is 2.38. The smallest absolute Gasteiger partial charge is 0.340 e. The molecular weight excluding hydrogens is 348 g/mol. The summed E-state index contributed by atoms with van der Waals surface area (Å²) in [5.74, 6) is 0.117. The van der Waals surface area contributed by atoms with E-state index in [2.05, 4.69) is 25.7 Å². The summed E-state index contributed by atoms with van der Waals surface area (Å²) in [4.78, 5) is 16.8. The molecule has 2 aromatic heterocycles. The van der Waals surface area contributed by atoms with Crippen LogP contribution in [-0.2, 0) is 11.3 Å². The number of aryl methyl sites for hydroxylation is 1. The minimum Gasteiger partial charge on any atom is -0.452 e. The fourth-order valence-electron chi connectivity index (χ4n) is 2.57. The molecule has 2 heterocycles. The molecule has 2 aromatic carbocycles. The highest BCUT2D eigenvalue weighted by molar-refractivity contribution is 5.93. The van der Waals surface area contributed by atoms with Crippen LogP contribution in [0.2, 0.25) is 0 Å². The first kappa shape index (κ1) is 16.6. The maximum atomic E-state index is 12.5. The monoisotopic (exact) mass is 362 g/mol. The van der Waals surface area contributed by atoms with Crippen molar-refractivity contribution in [2.24, 2.45) is 0 Å².